The quantitative estimate of drug-likeness (QED) is 0.866. The SMILES string of the molecule is CCSC1CCC(N(C)C(=O)c2cccc(N)c2)C1.Cl. The molecule has 1 aliphatic rings. The normalized spacial score (nSPS) is 21.3. The molecule has 2 atom stereocenters. The molecule has 2 N–H and O–H groups in total. The number of amides is 1. The van der Waals surface area contributed by atoms with Crippen molar-refractivity contribution in [2.24, 2.45) is 0 Å². The number of nitrogens with two attached hydrogens (primary N) is 1. The first-order chi connectivity index (χ1) is 9.11. The van der Waals surface area contributed by atoms with Gasteiger partial charge < -0.3 is 10.6 Å². The minimum absolute atomic E-state index is 0. The highest BCUT2D eigenvalue weighted by atomic mass is 35.5. The molecule has 0 radical (unpaired) electrons. The average Bonchev–Trinajstić information content (AvgIpc) is 2.86. The molecular weight excluding hydrogens is 292 g/mol. The molecule has 0 aliphatic heterocycles. The van der Waals surface area contributed by atoms with Crippen molar-refractivity contribution < 1.29 is 4.79 Å². The van der Waals surface area contributed by atoms with E-state index < -0.39 is 0 Å². The zero-order chi connectivity index (χ0) is 13.8. The zero-order valence-electron chi connectivity index (χ0n) is 12.0. The lowest BCUT2D eigenvalue weighted by Gasteiger charge is -2.25. The Morgan fingerprint density at radius 1 is 1.45 bits per heavy atom. The van der Waals surface area contributed by atoms with Crippen LogP contribution in [0, 0.1) is 0 Å². The number of carbonyl (C=O) groups excluding carboxylic acids is 1. The maximum atomic E-state index is 12.4. The summed E-state index contributed by atoms with van der Waals surface area (Å²) in [5.41, 5.74) is 7.07. The van der Waals surface area contributed by atoms with Crippen molar-refractivity contribution in [2.45, 2.75) is 37.5 Å². The van der Waals surface area contributed by atoms with Gasteiger partial charge in [-0.1, -0.05) is 13.0 Å². The van der Waals surface area contributed by atoms with Crippen LogP contribution in [0.5, 0.6) is 0 Å². The first kappa shape index (κ1) is 17.2. The van der Waals surface area contributed by atoms with Gasteiger partial charge in [0.1, 0.15) is 0 Å². The number of thioether (sulfide) groups is 1. The van der Waals surface area contributed by atoms with E-state index in [0.717, 1.165) is 18.6 Å². The van der Waals surface area contributed by atoms with Crippen molar-refractivity contribution in [1.82, 2.24) is 4.90 Å². The Bertz CT molecular complexity index is 455. The minimum atomic E-state index is 0. The summed E-state index contributed by atoms with van der Waals surface area (Å²) in [5, 5.41) is 0.714. The van der Waals surface area contributed by atoms with Crippen LogP contribution in [0.4, 0.5) is 5.69 Å². The molecule has 0 bridgehead atoms. The summed E-state index contributed by atoms with van der Waals surface area (Å²) in [4.78, 5) is 14.3. The second-order valence-electron chi connectivity index (χ2n) is 5.09. The van der Waals surface area contributed by atoms with Crippen molar-refractivity contribution in [3.05, 3.63) is 29.8 Å². The highest BCUT2D eigenvalue weighted by Crippen LogP contribution is 2.32. The number of nitrogen functional groups attached to an aromatic ring is 1. The molecule has 2 unspecified atom stereocenters. The van der Waals surface area contributed by atoms with E-state index in [-0.39, 0.29) is 18.3 Å². The van der Waals surface area contributed by atoms with Crippen LogP contribution in [0.25, 0.3) is 0 Å². The summed E-state index contributed by atoms with van der Waals surface area (Å²) in [7, 11) is 1.91. The van der Waals surface area contributed by atoms with Gasteiger partial charge in [0.2, 0.25) is 0 Å². The molecule has 1 aromatic carbocycles. The third kappa shape index (κ3) is 4.06. The molecule has 0 heterocycles. The molecule has 0 aromatic heterocycles. The van der Waals surface area contributed by atoms with Crippen LogP contribution in [-0.2, 0) is 0 Å². The Kier molecular flexibility index (Phi) is 6.69. The van der Waals surface area contributed by atoms with Crippen LogP contribution in [0.15, 0.2) is 24.3 Å². The second-order valence-corrected chi connectivity index (χ2v) is 6.66. The number of anilines is 1. The summed E-state index contributed by atoms with van der Waals surface area (Å²) in [6.07, 6.45) is 3.45. The zero-order valence-corrected chi connectivity index (χ0v) is 13.7. The van der Waals surface area contributed by atoms with Gasteiger partial charge in [-0.2, -0.15) is 11.8 Å². The summed E-state index contributed by atoms with van der Waals surface area (Å²) in [5.74, 6) is 1.24. The predicted molar refractivity (Wildman–Crippen MR) is 89.8 cm³/mol. The third-order valence-electron chi connectivity index (χ3n) is 3.76. The maximum Gasteiger partial charge on any atom is 0.253 e. The van der Waals surface area contributed by atoms with E-state index in [9.17, 15) is 4.79 Å². The number of benzene rings is 1. The van der Waals surface area contributed by atoms with Gasteiger partial charge in [-0.25, -0.2) is 0 Å². The first-order valence-corrected chi connectivity index (χ1v) is 7.91. The van der Waals surface area contributed by atoms with Gasteiger partial charge in [0, 0.05) is 29.6 Å². The van der Waals surface area contributed by atoms with Crippen molar-refractivity contribution in [1.29, 1.82) is 0 Å². The van der Waals surface area contributed by atoms with Gasteiger partial charge >= 0.3 is 0 Å². The number of hydrogen-bond donors (Lipinski definition) is 1. The van der Waals surface area contributed by atoms with E-state index in [1.165, 1.54) is 6.42 Å². The Morgan fingerprint density at radius 3 is 2.85 bits per heavy atom. The maximum absolute atomic E-state index is 12.4. The molecule has 1 aliphatic carbocycles. The summed E-state index contributed by atoms with van der Waals surface area (Å²) in [6.45, 7) is 2.19. The van der Waals surface area contributed by atoms with Gasteiger partial charge in [-0.15, -0.1) is 12.4 Å². The lowest BCUT2D eigenvalue weighted by atomic mass is 10.1. The largest absolute Gasteiger partial charge is 0.399 e. The molecule has 0 saturated heterocycles. The van der Waals surface area contributed by atoms with Crippen molar-refractivity contribution in [3.63, 3.8) is 0 Å². The average molecular weight is 315 g/mol. The van der Waals surface area contributed by atoms with Crippen LogP contribution in [0.2, 0.25) is 0 Å². The number of halogens is 1. The molecule has 1 amide bonds. The van der Waals surface area contributed by atoms with Gasteiger partial charge in [-0.05, 0) is 43.2 Å². The first-order valence-electron chi connectivity index (χ1n) is 6.86. The summed E-state index contributed by atoms with van der Waals surface area (Å²) >= 11 is 2.01. The second kappa shape index (κ2) is 7.79. The molecule has 1 fully saturated rings. The predicted octanol–water partition coefficient (Wildman–Crippen LogP) is 3.44. The van der Waals surface area contributed by atoms with Crippen LogP contribution >= 0.6 is 24.2 Å². The van der Waals surface area contributed by atoms with E-state index in [4.69, 9.17) is 5.73 Å². The Labute approximate surface area is 131 Å². The lowest BCUT2D eigenvalue weighted by Crippen LogP contribution is -2.35. The smallest absolute Gasteiger partial charge is 0.253 e. The summed E-state index contributed by atoms with van der Waals surface area (Å²) in [6, 6.07) is 7.60. The van der Waals surface area contributed by atoms with E-state index in [2.05, 4.69) is 6.92 Å². The van der Waals surface area contributed by atoms with Crippen LogP contribution < -0.4 is 5.73 Å². The molecule has 3 nitrogen and oxygen atoms in total. The molecule has 5 heteroatoms. The fraction of sp³-hybridized carbons (Fsp3) is 0.533. The number of hydrogen-bond acceptors (Lipinski definition) is 3. The standard InChI is InChI=1S/C15H22N2OS.ClH/c1-3-19-14-8-7-13(10-14)17(2)15(18)11-5-4-6-12(16)9-11;/h4-6,9,13-14H,3,7-8,10,16H2,1-2H3;1H. The van der Waals surface area contributed by atoms with Gasteiger partial charge in [0.25, 0.3) is 5.91 Å². The van der Waals surface area contributed by atoms with E-state index in [1.807, 2.05) is 35.8 Å². The highest BCUT2D eigenvalue weighted by Gasteiger charge is 2.30. The van der Waals surface area contributed by atoms with Crippen LogP contribution in [0.1, 0.15) is 36.5 Å². The Morgan fingerprint density at radius 2 is 2.20 bits per heavy atom. The minimum Gasteiger partial charge on any atom is -0.399 e. The molecule has 0 spiro atoms. The van der Waals surface area contributed by atoms with Gasteiger partial charge in [-0.3, -0.25) is 4.79 Å². The van der Waals surface area contributed by atoms with E-state index in [1.54, 1.807) is 12.1 Å². The molecule has 112 valence electrons. The molecule has 1 saturated carbocycles. The Hall–Kier alpha value is -0.870. The molecule has 20 heavy (non-hydrogen) atoms. The van der Waals surface area contributed by atoms with E-state index >= 15 is 0 Å². The van der Waals surface area contributed by atoms with Crippen molar-refractivity contribution in [2.75, 3.05) is 18.5 Å². The Balaban J connectivity index is 0.00000200. The number of nitrogens with zero attached hydrogens (tertiary/aromatic N) is 1. The third-order valence-corrected chi connectivity index (χ3v) is 4.99. The van der Waals surface area contributed by atoms with Gasteiger partial charge in [0.15, 0.2) is 0 Å². The highest BCUT2D eigenvalue weighted by molar-refractivity contribution is 7.99. The van der Waals surface area contributed by atoms with Gasteiger partial charge in [0.05, 0.1) is 0 Å². The fourth-order valence-corrected chi connectivity index (χ4v) is 3.83. The molecular formula is C15H23ClN2OS. The lowest BCUT2D eigenvalue weighted by molar-refractivity contribution is 0.0735. The molecule has 1 aromatic rings. The topological polar surface area (TPSA) is 46.3 Å². The van der Waals surface area contributed by atoms with E-state index in [0.29, 0.717) is 22.5 Å². The number of rotatable bonds is 4. The number of carbonyl (C=O) groups is 1. The summed E-state index contributed by atoms with van der Waals surface area (Å²) < 4.78 is 0. The molecule has 2 rings (SSSR count). The van der Waals surface area contributed by atoms with Crippen molar-refractivity contribution in [3.8, 4) is 0 Å². The van der Waals surface area contributed by atoms with Crippen LogP contribution in [-0.4, -0.2) is 34.9 Å². The fourth-order valence-electron chi connectivity index (χ4n) is 2.70. The van der Waals surface area contributed by atoms with Crippen LogP contribution in [0.3, 0.4) is 0 Å². The van der Waals surface area contributed by atoms with Crippen molar-refractivity contribution >= 4 is 35.8 Å². The monoisotopic (exact) mass is 314 g/mol.